The van der Waals surface area contributed by atoms with Crippen LogP contribution < -0.4 is 16.7 Å². The minimum Gasteiger partial charge on any atom is -0.477 e. The van der Waals surface area contributed by atoms with Crippen molar-refractivity contribution in [2.75, 3.05) is 13.2 Å². The molecule has 0 spiro atoms. The molecule has 0 aromatic heterocycles. The summed E-state index contributed by atoms with van der Waals surface area (Å²) in [6.45, 7) is 7.16. The highest BCUT2D eigenvalue weighted by molar-refractivity contribution is 5.75. The van der Waals surface area contributed by atoms with Crippen molar-refractivity contribution in [3.05, 3.63) is 11.9 Å². The zero-order valence-electron chi connectivity index (χ0n) is 15.7. The van der Waals surface area contributed by atoms with Crippen LogP contribution in [0.25, 0.3) is 0 Å². The molecule has 148 valence electrons. The Morgan fingerprint density at radius 1 is 1.27 bits per heavy atom. The molecule has 0 amide bonds. The zero-order chi connectivity index (χ0) is 19.9. The van der Waals surface area contributed by atoms with Gasteiger partial charge in [-0.3, -0.25) is 14.6 Å². The van der Waals surface area contributed by atoms with Gasteiger partial charge >= 0.3 is 17.9 Å². The van der Waals surface area contributed by atoms with Crippen LogP contribution in [0.5, 0.6) is 0 Å². The van der Waals surface area contributed by atoms with E-state index >= 15 is 0 Å². The number of nitrogens with one attached hydrogen (secondary N) is 2. The van der Waals surface area contributed by atoms with Gasteiger partial charge in [-0.05, 0) is 19.3 Å². The van der Waals surface area contributed by atoms with Crippen LogP contribution >= 0.6 is 0 Å². The van der Waals surface area contributed by atoms with Crippen molar-refractivity contribution >= 4 is 17.9 Å². The Labute approximate surface area is 152 Å². The maximum absolute atomic E-state index is 12.0. The molecule has 6 N–H and O–H groups in total. The van der Waals surface area contributed by atoms with Crippen molar-refractivity contribution in [2.45, 2.75) is 46.3 Å². The third-order valence-corrected chi connectivity index (χ3v) is 3.86. The van der Waals surface area contributed by atoms with E-state index < -0.39 is 24.1 Å². The molecule has 0 saturated heterocycles. The summed E-state index contributed by atoms with van der Waals surface area (Å²) in [5, 5.41) is 10.3. The summed E-state index contributed by atoms with van der Waals surface area (Å²) in [5.74, 6) is -1.89. The summed E-state index contributed by atoms with van der Waals surface area (Å²) < 4.78 is 10.3. The first-order valence-corrected chi connectivity index (χ1v) is 8.51. The summed E-state index contributed by atoms with van der Waals surface area (Å²) in [7, 11) is 0. The lowest BCUT2D eigenvalue weighted by Gasteiger charge is -2.22. The predicted octanol–water partition coefficient (Wildman–Crippen LogP) is -0.995. The van der Waals surface area contributed by atoms with Gasteiger partial charge in [0.05, 0.1) is 11.6 Å². The number of carbonyl (C=O) groups excluding carboxylic acids is 2. The maximum atomic E-state index is 12.0. The molecular weight excluding hydrogens is 344 g/mol. The monoisotopic (exact) mass is 373 g/mol. The molecule has 0 aromatic carbocycles. The van der Waals surface area contributed by atoms with E-state index in [2.05, 4.69) is 16.7 Å². The number of quaternary nitrogens is 1. The van der Waals surface area contributed by atoms with Crippen molar-refractivity contribution < 1.29 is 34.7 Å². The Hall–Kier alpha value is -2.33. The SMILES string of the molecule is CC(C)CC(C)C(=O)OCC1=CNNN1CC(=O)O[C@H](C)[C@H]([NH3+])C(=O)O. The molecule has 0 saturated carbocycles. The normalized spacial score (nSPS) is 17.2. The van der Waals surface area contributed by atoms with Gasteiger partial charge in [0.1, 0.15) is 13.2 Å². The topological polar surface area (TPSA) is 145 Å². The van der Waals surface area contributed by atoms with Gasteiger partial charge in [-0.25, -0.2) is 4.79 Å². The van der Waals surface area contributed by atoms with E-state index in [1.165, 1.54) is 11.9 Å². The molecule has 1 aliphatic heterocycles. The molecule has 1 heterocycles. The smallest absolute Gasteiger partial charge is 0.366 e. The van der Waals surface area contributed by atoms with Crippen molar-refractivity contribution in [2.24, 2.45) is 11.8 Å². The maximum Gasteiger partial charge on any atom is 0.366 e. The number of carboxylic acids is 1. The van der Waals surface area contributed by atoms with Gasteiger partial charge in [0, 0.05) is 6.20 Å². The second kappa shape index (κ2) is 9.97. The van der Waals surface area contributed by atoms with Crippen LogP contribution in [-0.4, -0.2) is 53.3 Å². The number of hydrazine groups is 2. The highest BCUT2D eigenvalue weighted by Gasteiger charge is 2.29. The van der Waals surface area contributed by atoms with Crippen LogP contribution in [0.4, 0.5) is 0 Å². The van der Waals surface area contributed by atoms with Gasteiger partial charge in [-0.15, -0.1) is 5.53 Å². The van der Waals surface area contributed by atoms with Gasteiger partial charge in [0.15, 0.2) is 6.10 Å². The molecule has 0 radical (unpaired) electrons. The average molecular weight is 373 g/mol. The van der Waals surface area contributed by atoms with Gasteiger partial charge in [-0.2, -0.15) is 0 Å². The second-order valence-corrected chi connectivity index (χ2v) is 6.76. The van der Waals surface area contributed by atoms with E-state index in [1.807, 2.05) is 20.8 Å². The first-order chi connectivity index (χ1) is 12.1. The van der Waals surface area contributed by atoms with Crippen LogP contribution in [0.3, 0.4) is 0 Å². The number of ether oxygens (including phenoxy) is 2. The van der Waals surface area contributed by atoms with E-state index in [0.717, 1.165) is 6.42 Å². The number of carboxylic acid groups (broad SMARTS) is 1. The van der Waals surface area contributed by atoms with Crippen LogP contribution in [-0.2, 0) is 23.9 Å². The fraction of sp³-hybridized carbons (Fsp3) is 0.688. The number of aliphatic carboxylic acids is 1. The molecule has 10 nitrogen and oxygen atoms in total. The minimum atomic E-state index is -1.14. The van der Waals surface area contributed by atoms with E-state index in [1.54, 1.807) is 6.20 Å². The van der Waals surface area contributed by atoms with Crippen molar-refractivity contribution in [3.63, 3.8) is 0 Å². The summed E-state index contributed by atoms with van der Waals surface area (Å²) >= 11 is 0. The summed E-state index contributed by atoms with van der Waals surface area (Å²) in [6.07, 6.45) is 1.44. The molecule has 1 unspecified atom stereocenters. The minimum absolute atomic E-state index is 0.00279. The lowest BCUT2D eigenvalue weighted by atomic mass is 9.99. The Kier molecular flexibility index (Phi) is 8.33. The second-order valence-electron chi connectivity index (χ2n) is 6.76. The fourth-order valence-corrected chi connectivity index (χ4v) is 2.35. The Balaban J connectivity index is 2.46. The molecule has 0 bridgehead atoms. The molecule has 1 rings (SSSR count). The highest BCUT2D eigenvalue weighted by Crippen LogP contribution is 2.14. The number of rotatable bonds is 10. The molecule has 1 aliphatic rings. The lowest BCUT2D eigenvalue weighted by Crippen LogP contribution is -2.70. The quantitative estimate of drug-likeness (QED) is 0.354. The predicted molar refractivity (Wildman–Crippen MR) is 90.5 cm³/mol. The first kappa shape index (κ1) is 21.7. The summed E-state index contributed by atoms with van der Waals surface area (Å²) in [6, 6.07) is -1.05. The van der Waals surface area contributed by atoms with Gasteiger partial charge in [0.25, 0.3) is 0 Å². The zero-order valence-corrected chi connectivity index (χ0v) is 15.7. The van der Waals surface area contributed by atoms with Crippen LogP contribution in [0.1, 0.15) is 34.1 Å². The number of esters is 2. The summed E-state index contributed by atoms with van der Waals surface area (Å²) in [5.41, 5.74) is 9.41. The Morgan fingerprint density at radius 2 is 1.92 bits per heavy atom. The Bertz CT molecular complexity index is 551. The van der Waals surface area contributed by atoms with Crippen LogP contribution in [0.2, 0.25) is 0 Å². The average Bonchev–Trinajstić information content (AvgIpc) is 2.97. The van der Waals surface area contributed by atoms with Crippen molar-refractivity contribution in [1.82, 2.24) is 16.0 Å². The molecule has 0 aromatic rings. The van der Waals surface area contributed by atoms with E-state index in [4.69, 9.17) is 14.6 Å². The Morgan fingerprint density at radius 3 is 2.50 bits per heavy atom. The van der Waals surface area contributed by atoms with E-state index in [9.17, 15) is 14.4 Å². The standard InChI is InChI=1S/C16H28N4O6/c1-9(2)5-10(3)16(24)25-8-12-6-18-19-20(12)7-13(21)26-11(4)14(17)15(22)23/h6,9-11,14,18-19H,5,7-8,17H2,1-4H3,(H,22,23)/p+1/t10?,11-,14+/m1/s1. The largest absolute Gasteiger partial charge is 0.477 e. The molecule has 26 heavy (non-hydrogen) atoms. The number of carbonyl (C=O) groups is 3. The first-order valence-electron chi connectivity index (χ1n) is 8.51. The third kappa shape index (κ3) is 6.89. The van der Waals surface area contributed by atoms with Gasteiger partial charge < -0.3 is 25.7 Å². The highest BCUT2D eigenvalue weighted by atomic mass is 16.5. The van der Waals surface area contributed by atoms with Crippen molar-refractivity contribution in [1.29, 1.82) is 0 Å². The molecule has 3 atom stereocenters. The van der Waals surface area contributed by atoms with E-state index in [0.29, 0.717) is 11.6 Å². The van der Waals surface area contributed by atoms with Crippen molar-refractivity contribution in [3.8, 4) is 0 Å². The molecule has 0 aliphatic carbocycles. The summed E-state index contributed by atoms with van der Waals surface area (Å²) in [4.78, 5) is 34.8. The fourth-order valence-electron chi connectivity index (χ4n) is 2.35. The van der Waals surface area contributed by atoms with Crippen LogP contribution in [0.15, 0.2) is 11.9 Å². The number of hydrogen-bond acceptors (Lipinski definition) is 8. The third-order valence-electron chi connectivity index (χ3n) is 3.86. The molecule has 0 fully saturated rings. The number of nitrogens with zero attached hydrogens (tertiary/aromatic N) is 1. The number of hydrogen-bond donors (Lipinski definition) is 4. The lowest BCUT2D eigenvalue weighted by molar-refractivity contribution is -0.423. The van der Waals surface area contributed by atoms with E-state index in [-0.39, 0.29) is 25.0 Å². The van der Waals surface area contributed by atoms with Gasteiger partial charge in [-0.1, -0.05) is 20.8 Å². The van der Waals surface area contributed by atoms with Gasteiger partial charge in [0.2, 0.25) is 6.04 Å². The molecule has 10 heteroatoms. The van der Waals surface area contributed by atoms with Crippen LogP contribution in [0, 0.1) is 11.8 Å². The molecular formula is C16H29N4O6+.